The van der Waals surface area contributed by atoms with Gasteiger partial charge >= 0.3 is 0 Å². The summed E-state index contributed by atoms with van der Waals surface area (Å²) in [6, 6.07) is 6.67. The number of carbonyl (C=O) groups excluding carboxylic acids is 1. The fraction of sp³-hybridized carbons (Fsp3) is 0.444. The van der Waals surface area contributed by atoms with E-state index in [1.165, 1.54) is 48.1 Å². The molecule has 1 aromatic carbocycles. The van der Waals surface area contributed by atoms with Crippen molar-refractivity contribution in [3.05, 3.63) is 34.7 Å². The summed E-state index contributed by atoms with van der Waals surface area (Å²) in [6.07, 6.45) is 5.86. The maximum absolute atomic E-state index is 12.2. The standard InChI is InChI=1S/C18H21N3OS/c22-17(15-7-8-19-10-15)21-18-20-16(11-23-18)14-6-5-12-3-1-2-4-13(12)9-14/h5-6,9,11,15,19H,1-4,7-8,10H2,(H,20,21,22). The lowest BCUT2D eigenvalue weighted by molar-refractivity contribution is -0.119. The zero-order chi connectivity index (χ0) is 15.6. The Morgan fingerprint density at radius 3 is 2.96 bits per heavy atom. The van der Waals surface area contributed by atoms with Crippen molar-refractivity contribution in [1.82, 2.24) is 10.3 Å². The van der Waals surface area contributed by atoms with E-state index >= 15 is 0 Å². The summed E-state index contributed by atoms with van der Waals surface area (Å²) in [7, 11) is 0. The molecule has 120 valence electrons. The number of thiazole rings is 1. The Morgan fingerprint density at radius 1 is 1.26 bits per heavy atom. The predicted octanol–water partition coefficient (Wildman–Crippen LogP) is 3.24. The Hall–Kier alpha value is -1.72. The Labute approximate surface area is 140 Å². The number of carbonyl (C=O) groups is 1. The number of aromatic nitrogens is 1. The number of fused-ring (bicyclic) bond motifs is 1. The van der Waals surface area contributed by atoms with Crippen LogP contribution in [0, 0.1) is 5.92 Å². The highest BCUT2D eigenvalue weighted by molar-refractivity contribution is 7.14. The van der Waals surface area contributed by atoms with Gasteiger partial charge in [-0.3, -0.25) is 4.79 Å². The van der Waals surface area contributed by atoms with E-state index in [1.807, 2.05) is 5.38 Å². The molecule has 1 amide bonds. The van der Waals surface area contributed by atoms with Crippen molar-refractivity contribution in [2.75, 3.05) is 18.4 Å². The van der Waals surface area contributed by atoms with E-state index in [4.69, 9.17) is 0 Å². The van der Waals surface area contributed by atoms with Gasteiger partial charge < -0.3 is 10.6 Å². The molecule has 1 aromatic heterocycles. The van der Waals surface area contributed by atoms with Gasteiger partial charge in [-0.1, -0.05) is 12.1 Å². The van der Waals surface area contributed by atoms with Crippen molar-refractivity contribution in [3.8, 4) is 11.3 Å². The molecule has 0 bridgehead atoms. The average Bonchev–Trinajstić information content (AvgIpc) is 3.26. The van der Waals surface area contributed by atoms with Crippen LogP contribution < -0.4 is 10.6 Å². The normalized spacial score (nSPS) is 20.3. The van der Waals surface area contributed by atoms with Crippen molar-refractivity contribution >= 4 is 22.4 Å². The molecule has 2 aliphatic rings. The van der Waals surface area contributed by atoms with Crippen LogP contribution in [-0.2, 0) is 17.6 Å². The number of rotatable bonds is 3. The molecule has 1 aliphatic heterocycles. The number of aryl methyl sites for hydroxylation is 2. The lowest BCUT2D eigenvalue weighted by atomic mass is 9.90. The van der Waals surface area contributed by atoms with Crippen LogP contribution in [0.25, 0.3) is 11.3 Å². The second-order valence-corrected chi connectivity index (χ2v) is 7.27. The van der Waals surface area contributed by atoms with Gasteiger partial charge in [0.15, 0.2) is 5.13 Å². The largest absolute Gasteiger partial charge is 0.316 e. The summed E-state index contributed by atoms with van der Waals surface area (Å²) in [4.78, 5) is 16.8. The molecule has 1 aliphatic carbocycles. The molecule has 2 aromatic rings. The number of anilines is 1. The molecular weight excluding hydrogens is 306 g/mol. The molecule has 0 radical (unpaired) electrons. The molecule has 0 spiro atoms. The van der Waals surface area contributed by atoms with Crippen LogP contribution in [0.1, 0.15) is 30.4 Å². The lowest BCUT2D eigenvalue weighted by Crippen LogP contribution is -2.24. The van der Waals surface area contributed by atoms with Crippen molar-refractivity contribution in [2.45, 2.75) is 32.1 Å². The van der Waals surface area contributed by atoms with Gasteiger partial charge in [0.2, 0.25) is 5.91 Å². The SMILES string of the molecule is O=C(Nc1nc(-c2ccc3c(c2)CCCC3)cs1)C1CCNC1. The second kappa shape index (κ2) is 6.42. The monoisotopic (exact) mass is 327 g/mol. The van der Waals surface area contributed by atoms with E-state index < -0.39 is 0 Å². The highest BCUT2D eigenvalue weighted by atomic mass is 32.1. The van der Waals surface area contributed by atoms with Gasteiger partial charge in [-0.15, -0.1) is 11.3 Å². The van der Waals surface area contributed by atoms with Crippen molar-refractivity contribution in [3.63, 3.8) is 0 Å². The summed E-state index contributed by atoms with van der Waals surface area (Å²) < 4.78 is 0. The van der Waals surface area contributed by atoms with Gasteiger partial charge in [0.05, 0.1) is 11.6 Å². The first-order chi connectivity index (χ1) is 11.3. The third-order valence-corrected chi connectivity index (χ3v) is 5.57. The third-order valence-electron chi connectivity index (χ3n) is 4.81. The van der Waals surface area contributed by atoms with Crippen molar-refractivity contribution < 1.29 is 4.79 Å². The van der Waals surface area contributed by atoms with Gasteiger partial charge in [0.25, 0.3) is 0 Å². The Balaban J connectivity index is 1.50. The molecule has 5 heteroatoms. The van der Waals surface area contributed by atoms with E-state index in [1.54, 1.807) is 0 Å². The fourth-order valence-corrected chi connectivity index (χ4v) is 4.17. The lowest BCUT2D eigenvalue weighted by Gasteiger charge is -2.16. The van der Waals surface area contributed by atoms with E-state index in [2.05, 4.69) is 33.8 Å². The molecule has 2 N–H and O–H groups in total. The quantitative estimate of drug-likeness (QED) is 0.910. The summed E-state index contributed by atoms with van der Waals surface area (Å²) in [5.41, 5.74) is 5.06. The topological polar surface area (TPSA) is 54.0 Å². The molecule has 1 fully saturated rings. The second-order valence-electron chi connectivity index (χ2n) is 6.41. The first-order valence-corrected chi connectivity index (χ1v) is 9.27. The van der Waals surface area contributed by atoms with Crippen molar-refractivity contribution in [1.29, 1.82) is 0 Å². The number of hydrogen-bond acceptors (Lipinski definition) is 4. The molecule has 23 heavy (non-hydrogen) atoms. The van der Waals surface area contributed by atoms with E-state index in [0.717, 1.165) is 30.8 Å². The summed E-state index contributed by atoms with van der Waals surface area (Å²) in [6.45, 7) is 1.70. The third kappa shape index (κ3) is 3.16. The number of hydrogen-bond donors (Lipinski definition) is 2. The number of amides is 1. The highest BCUT2D eigenvalue weighted by Gasteiger charge is 2.23. The highest BCUT2D eigenvalue weighted by Crippen LogP contribution is 2.29. The first kappa shape index (κ1) is 14.8. The van der Waals surface area contributed by atoms with Crippen LogP contribution in [0.4, 0.5) is 5.13 Å². The maximum Gasteiger partial charge on any atom is 0.230 e. The molecular formula is C18H21N3OS. The molecule has 2 heterocycles. The van der Waals surface area contributed by atoms with Gasteiger partial charge in [-0.25, -0.2) is 4.98 Å². The van der Waals surface area contributed by atoms with Crippen LogP contribution in [0.3, 0.4) is 0 Å². The molecule has 1 atom stereocenters. The van der Waals surface area contributed by atoms with E-state index in [0.29, 0.717) is 5.13 Å². The molecule has 4 nitrogen and oxygen atoms in total. The van der Waals surface area contributed by atoms with Gasteiger partial charge in [0.1, 0.15) is 0 Å². The van der Waals surface area contributed by atoms with Crippen LogP contribution in [0.2, 0.25) is 0 Å². The van der Waals surface area contributed by atoms with E-state index in [-0.39, 0.29) is 11.8 Å². The Morgan fingerprint density at radius 2 is 2.13 bits per heavy atom. The smallest absolute Gasteiger partial charge is 0.230 e. The molecule has 1 saturated heterocycles. The maximum atomic E-state index is 12.2. The van der Waals surface area contributed by atoms with Gasteiger partial charge in [-0.05, 0) is 55.8 Å². The Bertz CT molecular complexity index is 719. The van der Waals surface area contributed by atoms with Gasteiger partial charge in [0, 0.05) is 17.5 Å². The Kier molecular flexibility index (Phi) is 4.14. The zero-order valence-electron chi connectivity index (χ0n) is 13.1. The summed E-state index contributed by atoms with van der Waals surface area (Å²) in [5.74, 6) is 0.160. The number of benzene rings is 1. The zero-order valence-corrected chi connectivity index (χ0v) is 13.9. The fourth-order valence-electron chi connectivity index (χ4n) is 3.44. The van der Waals surface area contributed by atoms with Crippen LogP contribution in [0.5, 0.6) is 0 Å². The minimum atomic E-state index is 0.0751. The first-order valence-electron chi connectivity index (χ1n) is 8.39. The average molecular weight is 327 g/mol. The van der Waals surface area contributed by atoms with Crippen LogP contribution in [-0.4, -0.2) is 24.0 Å². The summed E-state index contributed by atoms with van der Waals surface area (Å²) >= 11 is 1.51. The summed E-state index contributed by atoms with van der Waals surface area (Å²) in [5, 5.41) is 8.92. The van der Waals surface area contributed by atoms with Crippen LogP contribution >= 0.6 is 11.3 Å². The van der Waals surface area contributed by atoms with Crippen LogP contribution in [0.15, 0.2) is 23.6 Å². The molecule has 1 unspecified atom stereocenters. The number of nitrogens with one attached hydrogen (secondary N) is 2. The van der Waals surface area contributed by atoms with Crippen molar-refractivity contribution in [2.24, 2.45) is 5.92 Å². The predicted molar refractivity (Wildman–Crippen MR) is 93.8 cm³/mol. The minimum absolute atomic E-state index is 0.0751. The molecule has 4 rings (SSSR count). The number of nitrogens with zero attached hydrogens (tertiary/aromatic N) is 1. The molecule has 0 saturated carbocycles. The van der Waals surface area contributed by atoms with Gasteiger partial charge in [-0.2, -0.15) is 0 Å². The minimum Gasteiger partial charge on any atom is -0.316 e. The van der Waals surface area contributed by atoms with E-state index in [9.17, 15) is 4.79 Å².